The van der Waals surface area contributed by atoms with Crippen molar-refractivity contribution in [2.45, 2.75) is 25.8 Å². The van der Waals surface area contributed by atoms with E-state index >= 15 is 0 Å². The van der Waals surface area contributed by atoms with E-state index in [0.717, 1.165) is 17.9 Å². The second-order valence-electron chi connectivity index (χ2n) is 6.47. The van der Waals surface area contributed by atoms with Crippen LogP contribution in [0.3, 0.4) is 0 Å². The molecule has 0 spiro atoms. The largest absolute Gasteiger partial charge is 0.494 e. The van der Waals surface area contributed by atoms with Gasteiger partial charge in [0.1, 0.15) is 5.75 Å². The van der Waals surface area contributed by atoms with Gasteiger partial charge in [-0.05, 0) is 43.2 Å². The van der Waals surface area contributed by atoms with Crippen LogP contribution in [-0.4, -0.2) is 37.7 Å². The molecule has 27 heavy (non-hydrogen) atoms. The third-order valence-corrected chi connectivity index (χ3v) is 4.46. The molecule has 1 fully saturated rings. The van der Waals surface area contributed by atoms with Crippen molar-refractivity contribution < 1.29 is 14.3 Å². The number of urea groups is 1. The zero-order valence-corrected chi connectivity index (χ0v) is 15.5. The average Bonchev–Trinajstić information content (AvgIpc) is 3.03. The molecule has 0 aromatic heterocycles. The summed E-state index contributed by atoms with van der Waals surface area (Å²) in [6.45, 7) is 3.56. The fourth-order valence-corrected chi connectivity index (χ4v) is 3.14. The molecule has 1 heterocycles. The molecule has 142 valence electrons. The molecule has 6 heteroatoms. The van der Waals surface area contributed by atoms with Crippen LogP contribution < -0.4 is 20.3 Å². The number of nitrogens with zero attached hydrogens (tertiary/aromatic N) is 1. The van der Waals surface area contributed by atoms with Gasteiger partial charge in [-0.1, -0.05) is 30.3 Å². The molecule has 1 aliphatic heterocycles. The fraction of sp³-hybridized carbons (Fsp3) is 0.333. The molecule has 1 atom stereocenters. The number of carbonyl (C=O) groups is 2. The Kier molecular flexibility index (Phi) is 6.30. The van der Waals surface area contributed by atoms with Crippen molar-refractivity contribution in [1.82, 2.24) is 10.6 Å². The molecule has 0 saturated carbocycles. The minimum atomic E-state index is -0.239. The summed E-state index contributed by atoms with van der Waals surface area (Å²) in [5.41, 5.74) is 1.99. The number of benzene rings is 2. The number of hydrogen-bond donors (Lipinski definition) is 2. The van der Waals surface area contributed by atoms with Gasteiger partial charge in [-0.25, -0.2) is 4.79 Å². The highest BCUT2D eigenvalue weighted by molar-refractivity contribution is 5.96. The molecule has 0 bridgehead atoms. The van der Waals surface area contributed by atoms with Gasteiger partial charge >= 0.3 is 6.03 Å². The first kappa shape index (κ1) is 18.8. The standard InChI is InChI=1S/C21H25N3O3/c1-2-27-19-10-8-18(9-11-19)24-15-17(14-20(24)25)23-21(26)22-13-12-16-6-4-3-5-7-16/h3-11,17H,2,12-15H2,1H3,(H2,22,23,26). The zero-order chi connectivity index (χ0) is 19.1. The number of carbonyl (C=O) groups excluding carboxylic acids is 2. The van der Waals surface area contributed by atoms with E-state index in [1.54, 1.807) is 4.90 Å². The van der Waals surface area contributed by atoms with Gasteiger partial charge < -0.3 is 20.3 Å². The van der Waals surface area contributed by atoms with E-state index in [9.17, 15) is 9.59 Å². The van der Waals surface area contributed by atoms with Crippen LogP contribution in [0.25, 0.3) is 0 Å². The average molecular weight is 367 g/mol. The maximum atomic E-state index is 12.3. The number of hydrogen-bond acceptors (Lipinski definition) is 3. The van der Waals surface area contributed by atoms with Crippen LogP contribution in [0.5, 0.6) is 5.75 Å². The third-order valence-electron chi connectivity index (χ3n) is 4.46. The van der Waals surface area contributed by atoms with Crippen LogP contribution in [0, 0.1) is 0 Å². The van der Waals surface area contributed by atoms with Gasteiger partial charge in [0.05, 0.1) is 12.6 Å². The summed E-state index contributed by atoms with van der Waals surface area (Å²) >= 11 is 0. The van der Waals surface area contributed by atoms with Gasteiger partial charge in [0.15, 0.2) is 0 Å². The summed E-state index contributed by atoms with van der Waals surface area (Å²) in [6.07, 6.45) is 1.08. The first-order valence-corrected chi connectivity index (χ1v) is 9.27. The van der Waals surface area contributed by atoms with E-state index in [0.29, 0.717) is 26.1 Å². The maximum Gasteiger partial charge on any atom is 0.315 e. The van der Waals surface area contributed by atoms with E-state index in [1.807, 2.05) is 61.5 Å². The number of rotatable bonds is 7. The summed E-state index contributed by atoms with van der Waals surface area (Å²) in [5.74, 6) is 0.786. The molecule has 0 aliphatic carbocycles. The topological polar surface area (TPSA) is 70.7 Å². The lowest BCUT2D eigenvalue weighted by Gasteiger charge is -2.18. The SMILES string of the molecule is CCOc1ccc(N2CC(NC(=O)NCCc3ccccc3)CC2=O)cc1. The summed E-state index contributed by atoms with van der Waals surface area (Å²) in [5, 5.41) is 5.74. The smallest absolute Gasteiger partial charge is 0.315 e. The van der Waals surface area contributed by atoms with Crippen molar-refractivity contribution in [3.8, 4) is 5.75 Å². The number of nitrogens with one attached hydrogen (secondary N) is 2. The molecule has 0 radical (unpaired) electrons. The van der Waals surface area contributed by atoms with Crippen LogP contribution in [0.4, 0.5) is 10.5 Å². The lowest BCUT2D eigenvalue weighted by atomic mass is 10.1. The predicted molar refractivity (Wildman–Crippen MR) is 105 cm³/mol. The minimum absolute atomic E-state index is 0.00810. The summed E-state index contributed by atoms with van der Waals surface area (Å²) in [7, 11) is 0. The van der Waals surface area contributed by atoms with Crippen LogP contribution in [0.2, 0.25) is 0 Å². The summed E-state index contributed by atoms with van der Waals surface area (Å²) in [6, 6.07) is 17.0. The van der Waals surface area contributed by atoms with Gasteiger partial charge in [-0.2, -0.15) is 0 Å². The van der Waals surface area contributed by atoms with Crippen molar-refractivity contribution >= 4 is 17.6 Å². The number of ether oxygens (including phenoxy) is 1. The van der Waals surface area contributed by atoms with Crippen molar-refractivity contribution in [2.75, 3.05) is 24.6 Å². The van der Waals surface area contributed by atoms with Crippen LogP contribution >= 0.6 is 0 Å². The first-order valence-electron chi connectivity index (χ1n) is 9.27. The quantitative estimate of drug-likeness (QED) is 0.790. The molecule has 3 rings (SSSR count). The Morgan fingerprint density at radius 2 is 1.89 bits per heavy atom. The highest BCUT2D eigenvalue weighted by atomic mass is 16.5. The van der Waals surface area contributed by atoms with Crippen molar-refractivity contribution in [3.05, 3.63) is 60.2 Å². The van der Waals surface area contributed by atoms with E-state index in [-0.39, 0.29) is 18.0 Å². The predicted octanol–water partition coefficient (Wildman–Crippen LogP) is 2.73. The molecular weight excluding hydrogens is 342 g/mol. The van der Waals surface area contributed by atoms with E-state index in [4.69, 9.17) is 4.74 Å². The Bertz CT molecular complexity index is 762. The van der Waals surface area contributed by atoms with E-state index < -0.39 is 0 Å². The molecular formula is C21H25N3O3. The number of anilines is 1. The third kappa shape index (κ3) is 5.23. The molecule has 1 saturated heterocycles. The Labute approximate surface area is 159 Å². The maximum absolute atomic E-state index is 12.3. The van der Waals surface area contributed by atoms with Crippen molar-refractivity contribution in [1.29, 1.82) is 0 Å². The highest BCUT2D eigenvalue weighted by Crippen LogP contribution is 2.24. The van der Waals surface area contributed by atoms with E-state index in [1.165, 1.54) is 5.56 Å². The highest BCUT2D eigenvalue weighted by Gasteiger charge is 2.31. The Morgan fingerprint density at radius 1 is 1.15 bits per heavy atom. The second kappa shape index (κ2) is 9.07. The first-order chi connectivity index (χ1) is 13.2. The molecule has 2 aromatic rings. The zero-order valence-electron chi connectivity index (χ0n) is 15.5. The Morgan fingerprint density at radius 3 is 2.59 bits per heavy atom. The van der Waals surface area contributed by atoms with Gasteiger partial charge in [0.25, 0.3) is 0 Å². The number of amides is 3. The van der Waals surface area contributed by atoms with Crippen LogP contribution in [0.15, 0.2) is 54.6 Å². The van der Waals surface area contributed by atoms with Gasteiger partial charge in [0, 0.05) is 25.2 Å². The minimum Gasteiger partial charge on any atom is -0.494 e. The van der Waals surface area contributed by atoms with Gasteiger partial charge in [-0.3, -0.25) is 4.79 Å². The van der Waals surface area contributed by atoms with E-state index in [2.05, 4.69) is 10.6 Å². The Hall–Kier alpha value is -3.02. The molecule has 3 amide bonds. The lowest BCUT2D eigenvalue weighted by molar-refractivity contribution is -0.117. The second-order valence-corrected chi connectivity index (χ2v) is 6.47. The van der Waals surface area contributed by atoms with Gasteiger partial charge in [0.2, 0.25) is 5.91 Å². The van der Waals surface area contributed by atoms with Gasteiger partial charge in [-0.15, -0.1) is 0 Å². The van der Waals surface area contributed by atoms with Crippen LogP contribution in [-0.2, 0) is 11.2 Å². The van der Waals surface area contributed by atoms with Crippen LogP contribution in [0.1, 0.15) is 18.9 Å². The molecule has 6 nitrogen and oxygen atoms in total. The molecule has 2 aromatic carbocycles. The fourth-order valence-electron chi connectivity index (χ4n) is 3.14. The Balaban J connectivity index is 1.46. The summed E-state index contributed by atoms with van der Waals surface area (Å²) in [4.78, 5) is 26.1. The lowest BCUT2D eigenvalue weighted by Crippen LogP contribution is -2.43. The summed E-state index contributed by atoms with van der Waals surface area (Å²) < 4.78 is 5.42. The molecule has 1 aliphatic rings. The van der Waals surface area contributed by atoms with Crippen molar-refractivity contribution in [2.24, 2.45) is 0 Å². The molecule has 2 N–H and O–H groups in total. The monoisotopic (exact) mass is 367 g/mol. The van der Waals surface area contributed by atoms with Crippen molar-refractivity contribution in [3.63, 3.8) is 0 Å². The normalized spacial score (nSPS) is 16.3. The molecule has 1 unspecified atom stereocenters.